The highest BCUT2D eigenvalue weighted by Crippen LogP contribution is 2.19. The number of hydrogen-bond donors (Lipinski definition) is 3. The number of halogens is 2. The molecular formula is C20H21ClFN3O6S. The lowest BCUT2D eigenvalue weighted by Gasteiger charge is -2.19. The van der Waals surface area contributed by atoms with Gasteiger partial charge in [0.15, 0.2) is 6.10 Å². The molecular weight excluding hydrogens is 465 g/mol. The topological polar surface area (TPSA) is 145 Å². The van der Waals surface area contributed by atoms with Crippen LogP contribution in [0.4, 0.5) is 9.18 Å². The Morgan fingerprint density at radius 3 is 2.28 bits per heavy atom. The van der Waals surface area contributed by atoms with Crippen LogP contribution in [-0.4, -0.2) is 32.4 Å². The molecule has 0 unspecified atom stereocenters. The van der Waals surface area contributed by atoms with E-state index in [1.165, 1.54) is 24.3 Å². The number of primary amides is 1. The first-order chi connectivity index (χ1) is 14.9. The molecule has 0 saturated heterocycles. The van der Waals surface area contributed by atoms with Crippen LogP contribution >= 0.6 is 11.6 Å². The van der Waals surface area contributed by atoms with E-state index in [9.17, 15) is 27.2 Å². The molecule has 2 rings (SSSR count). The molecule has 0 aliphatic rings. The van der Waals surface area contributed by atoms with E-state index in [0.717, 1.165) is 18.2 Å². The molecule has 1 atom stereocenters. The molecule has 3 amide bonds. The van der Waals surface area contributed by atoms with Crippen molar-refractivity contribution in [2.45, 2.75) is 31.4 Å². The third-order valence-corrected chi connectivity index (χ3v) is 5.89. The number of benzene rings is 2. The first-order valence-electron chi connectivity index (χ1n) is 9.25. The Morgan fingerprint density at radius 1 is 1.12 bits per heavy atom. The largest absolute Gasteiger partial charge is 0.448 e. The van der Waals surface area contributed by atoms with Gasteiger partial charge in [-0.3, -0.25) is 10.1 Å². The Kier molecular flexibility index (Phi) is 8.31. The van der Waals surface area contributed by atoms with Gasteiger partial charge in [-0.1, -0.05) is 37.6 Å². The minimum atomic E-state index is -3.94. The average Bonchev–Trinajstić information content (AvgIpc) is 2.71. The number of carbonyl (C=O) groups is 3. The first kappa shape index (κ1) is 25.2. The summed E-state index contributed by atoms with van der Waals surface area (Å²) in [5.74, 6) is -2.81. The highest BCUT2D eigenvalue weighted by molar-refractivity contribution is 7.89. The zero-order valence-electron chi connectivity index (χ0n) is 17.1. The van der Waals surface area contributed by atoms with Crippen molar-refractivity contribution in [3.63, 3.8) is 0 Å². The zero-order chi connectivity index (χ0) is 24.1. The molecule has 0 aliphatic heterocycles. The molecule has 2 aromatic carbocycles. The maximum Gasteiger partial charge on any atom is 0.338 e. The number of sulfonamides is 1. The first-order valence-corrected chi connectivity index (χ1v) is 11.1. The Morgan fingerprint density at radius 2 is 1.75 bits per heavy atom. The fourth-order valence-corrected chi connectivity index (χ4v) is 3.82. The molecule has 0 fully saturated rings. The summed E-state index contributed by atoms with van der Waals surface area (Å²) in [7, 11) is -3.94. The standard InChI is InChI=1S/C20H21ClFN3O6S/c1-11(2)17(18(26)25-20(23)28)31-19(27)13-5-3-12(4-6-13)10-24-32(29,30)14-7-8-16(22)15(21)9-14/h3-9,11,17,24H,10H2,1-2H3,(H3,23,25,26,28)/t17-/m0/s1. The lowest BCUT2D eigenvalue weighted by atomic mass is 10.1. The van der Waals surface area contributed by atoms with Crippen LogP contribution in [0, 0.1) is 11.7 Å². The van der Waals surface area contributed by atoms with Crippen LogP contribution in [0.3, 0.4) is 0 Å². The lowest BCUT2D eigenvalue weighted by molar-refractivity contribution is -0.130. The number of amides is 3. The van der Waals surface area contributed by atoms with Crippen LogP contribution in [-0.2, 0) is 26.1 Å². The Labute approximate surface area is 189 Å². The number of urea groups is 1. The minimum absolute atomic E-state index is 0.109. The SMILES string of the molecule is CC(C)[C@H](OC(=O)c1ccc(CNS(=O)(=O)c2ccc(F)c(Cl)c2)cc1)C(=O)NC(N)=O. The monoisotopic (exact) mass is 485 g/mol. The summed E-state index contributed by atoms with van der Waals surface area (Å²) < 4.78 is 45.4. The Balaban J connectivity index is 2.04. The third kappa shape index (κ3) is 6.74. The van der Waals surface area contributed by atoms with Crippen molar-refractivity contribution >= 4 is 39.5 Å². The third-order valence-electron chi connectivity index (χ3n) is 4.20. The fourth-order valence-electron chi connectivity index (χ4n) is 2.53. The van der Waals surface area contributed by atoms with Crippen LogP contribution in [0.15, 0.2) is 47.4 Å². The number of rotatable bonds is 8. The van der Waals surface area contributed by atoms with Crippen molar-refractivity contribution in [3.05, 3.63) is 64.4 Å². The zero-order valence-corrected chi connectivity index (χ0v) is 18.7. The molecule has 0 heterocycles. The molecule has 0 spiro atoms. The van der Waals surface area contributed by atoms with Gasteiger partial charge in [0.2, 0.25) is 10.0 Å². The summed E-state index contributed by atoms with van der Waals surface area (Å²) in [5.41, 5.74) is 5.55. The molecule has 0 radical (unpaired) electrons. The summed E-state index contributed by atoms with van der Waals surface area (Å²) >= 11 is 5.62. The molecule has 172 valence electrons. The van der Waals surface area contributed by atoms with Crippen LogP contribution in [0.25, 0.3) is 0 Å². The van der Waals surface area contributed by atoms with E-state index in [1.54, 1.807) is 13.8 Å². The quantitative estimate of drug-likeness (QED) is 0.489. The van der Waals surface area contributed by atoms with Gasteiger partial charge in [0, 0.05) is 6.54 Å². The van der Waals surface area contributed by atoms with Gasteiger partial charge in [0.1, 0.15) is 5.82 Å². The Bertz CT molecular complexity index is 1120. The average molecular weight is 486 g/mol. The summed E-state index contributed by atoms with van der Waals surface area (Å²) in [6.07, 6.45) is -1.23. The smallest absolute Gasteiger partial charge is 0.338 e. The molecule has 12 heteroatoms. The molecule has 32 heavy (non-hydrogen) atoms. The fraction of sp³-hybridized carbons (Fsp3) is 0.250. The van der Waals surface area contributed by atoms with Crippen molar-refractivity contribution in [2.24, 2.45) is 11.7 Å². The molecule has 2 aromatic rings. The van der Waals surface area contributed by atoms with Crippen LogP contribution in [0.2, 0.25) is 5.02 Å². The van der Waals surface area contributed by atoms with Crippen molar-refractivity contribution in [1.29, 1.82) is 0 Å². The number of nitrogens with one attached hydrogen (secondary N) is 2. The van der Waals surface area contributed by atoms with Gasteiger partial charge in [0.25, 0.3) is 5.91 Å². The van der Waals surface area contributed by atoms with E-state index >= 15 is 0 Å². The van der Waals surface area contributed by atoms with E-state index < -0.39 is 45.8 Å². The molecule has 9 nitrogen and oxygen atoms in total. The Hall–Kier alpha value is -3.02. The molecule has 0 saturated carbocycles. The van der Waals surface area contributed by atoms with Crippen LogP contribution < -0.4 is 15.8 Å². The van der Waals surface area contributed by atoms with E-state index in [2.05, 4.69) is 4.72 Å². The second-order valence-electron chi connectivity index (χ2n) is 7.02. The van der Waals surface area contributed by atoms with Gasteiger partial charge < -0.3 is 10.5 Å². The van der Waals surface area contributed by atoms with Gasteiger partial charge in [-0.2, -0.15) is 0 Å². The van der Waals surface area contributed by atoms with E-state index in [0.29, 0.717) is 5.56 Å². The maximum absolute atomic E-state index is 13.2. The molecule has 0 aliphatic carbocycles. The van der Waals surface area contributed by atoms with Gasteiger partial charge in [0.05, 0.1) is 15.5 Å². The van der Waals surface area contributed by atoms with Crippen molar-refractivity contribution in [3.8, 4) is 0 Å². The van der Waals surface area contributed by atoms with Crippen LogP contribution in [0.1, 0.15) is 29.8 Å². The second kappa shape index (κ2) is 10.5. The summed E-state index contributed by atoms with van der Waals surface area (Å²) in [4.78, 5) is 35.0. The summed E-state index contributed by atoms with van der Waals surface area (Å²) in [6.45, 7) is 3.15. The number of esters is 1. The highest BCUT2D eigenvalue weighted by atomic mass is 35.5. The number of carbonyl (C=O) groups excluding carboxylic acids is 3. The van der Waals surface area contributed by atoms with Crippen molar-refractivity contribution < 1.29 is 31.9 Å². The lowest BCUT2D eigenvalue weighted by Crippen LogP contribution is -2.45. The molecule has 0 bridgehead atoms. The van der Waals surface area contributed by atoms with Gasteiger partial charge >= 0.3 is 12.0 Å². The van der Waals surface area contributed by atoms with Gasteiger partial charge in [-0.05, 0) is 41.8 Å². The second-order valence-corrected chi connectivity index (χ2v) is 9.19. The summed E-state index contributed by atoms with van der Waals surface area (Å²) in [6, 6.07) is 7.74. The van der Waals surface area contributed by atoms with Crippen molar-refractivity contribution in [2.75, 3.05) is 0 Å². The predicted octanol–water partition coefficient (Wildman–Crippen LogP) is 2.33. The molecule has 4 N–H and O–H groups in total. The van der Waals surface area contributed by atoms with Gasteiger partial charge in [-0.15, -0.1) is 0 Å². The maximum atomic E-state index is 13.2. The van der Waals surface area contributed by atoms with E-state index in [1.807, 2.05) is 5.32 Å². The van der Waals surface area contributed by atoms with Crippen LogP contribution in [0.5, 0.6) is 0 Å². The summed E-state index contributed by atoms with van der Waals surface area (Å²) in [5, 5.41) is 1.55. The highest BCUT2D eigenvalue weighted by Gasteiger charge is 2.28. The predicted molar refractivity (Wildman–Crippen MR) is 114 cm³/mol. The van der Waals surface area contributed by atoms with Gasteiger partial charge in [-0.25, -0.2) is 27.1 Å². The number of ether oxygens (including phenoxy) is 1. The van der Waals surface area contributed by atoms with E-state index in [4.69, 9.17) is 22.1 Å². The number of nitrogens with two attached hydrogens (primary N) is 1. The normalized spacial score (nSPS) is 12.3. The minimum Gasteiger partial charge on any atom is -0.448 e. The number of imide groups is 1. The molecule has 0 aromatic heterocycles. The van der Waals surface area contributed by atoms with Crippen molar-refractivity contribution in [1.82, 2.24) is 10.0 Å². The van der Waals surface area contributed by atoms with E-state index in [-0.39, 0.29) is 22.0 Å². The number of hydrogen-bond acceptors (Lipinski definition) is 6.